The van der Waals surface area contributed by atoms with E-state index < -0.39 is 0 Å². The van der Waals surface area contributed by atoms with Gasteiger partial charge < -0.3 is 5.11 Å². The third-order valence-corrected chi connectivity index (χ3v) is 1.30. The highest BCUT2D eigenvalue weighted by molar-refractivity contribution is 6.23. The normalized spacial score (nSPS) is 25.4. The van der Waals surface area contributed by atoms with Crippen LogP contribution in [0.3, 0.4) is 0 Å². The second kappa shape index (κ2) is 2.74. The standard InChI is InChI=1S/C7H7ClO/c8-6-2-1-3-7(9)5-4-6/h1-6,9H. The molecule has 0 aromatic heterocycles. The molecule has 0 spiro atoms. The van der Waals surface area contributed by atoms with Crippen molar-refractivity contribution >= 4 is 11.6 Å². The Hall–Kier alpha value is -0.690. The van der Waals surface area contributed by atoms with E-state index >= 15 is 0 Å². The van der Waals surface area contributed by atoms with Crippen molar-refractivity contribution in [2.45, 2.75) is 5.38 Å². The molecule has 0 aliphatic heterocycles. The predicted molar refractivity (Wildman–Crippen MR) is 38.6 cm³/mol. The Morgan fingerprint density at radius 1 is 1.44 bits per heavy atom. The minimum absolute atomic E-state index is 0.0918. The molecule has 0 aromatic carbocycles. The van der Waals surface area contributed by atoms with E-state index in [1.54, 1.807) is 30.4 Å². The Morgan fingerprint density at radius 3 is 3.00 bits per heavy atom. The lowest BCUT2D eigenvalue weighted by Gasteiger charge is -1.88. The second-order valence-corrected chi connectivity index (χ2v) is 2.28. The Labute approximate surface area is 59.0 Å². The summed E-state index contributed by atoms with van der Waals surface area (Å²) in [5.74, 6) is 0.245. The summed E-state index contributed by atoms with van der Waals surface area (Å²) in [4.78, 5) is 0. The lowest BCUT2D eigenvalue weighted by atomic mass is 10.4. The third-order valence-electron chi connectivity index (χ3n) is 1.01. The van der Waals surface area contributed by atoms with Crippen molar-refractivity contribution in [3.8, 4) is 0 Å². The molecule has 0 amide bonds. The average Bonchev–Trinajstić information content (AvgIpc) is 1.97. The van der Waals surface area contributed by atoms with E-state index in [1.807, 2.05) is 0 Å². The van der Waals surface area contributed by atoms with Crippen LogP contribution in [0.15, 0.2) is 36.1 Å². The average molecular weight is 143 g/mol. The number of halogens is 1. The molecule has 0 fully saturated rings. The lowest BCUT2D eigenvalue weighted by Crippen LogP contribution is -1.82. The molecule has 0 aromatic rings. The summed E-state index contributed by atoms with van der Waals surface area (Å²) in [6, 6.07) is 0. The Bertz CT molecular complexity index is 179. The maximum atomic E-state index is 8.87. The molecule has 2 heteroatoms. The molecular formula is C7H7ClO. The summed E-state index contributed by atoms with van der Waals surface area (Å²) in [6.45, 7) is 0. The number of hydrogen-bond acceptors (Lipinski definition) is 1. The summed E-state index contributed by atoms with van der Waals surface area (Å²) in [6.07, 6.45) is 8.42. The van der Waals surface area contributed by atoms with E-state index in [2.05, 4.69) is 0 Å². The van der Waals surface area contributed by atoms with Gasteiger partial charge in [-0.2, -0.15) is 0 Å². The highest BCUT2D eigenvalue weighted by Gasteiger charge is 1.94. The first-order valence-electron chi connectivity index (χ1n) is 2.69. The molecule has 0 saturated heterocycles. The van der Waals surface area contributed by atoms with Crippen LogP contribution in [-0.4, -0.2) is 10.5 Å². The predicted octanol–water partition coefficient (Wildman–Crippen LogP) is 2.16. The first-order chi connectivity index (χ1) is 4.29. The molecule has 0 bridgehead atoms. The fourth-order valence-electron chi connectivity index (χ4n) is 0.571. The van der Waals surface area contributed by atoms with Gasteiger partial charge in [0.15, 0.2) is 0 Å². The van der Waals surface area contributed by atoms with Gasteiger partial charge >= 0.3 is 0 Å². The Morgan fingerprint density at radius 2 is 2.22 bits per heavy atom. The zero-order valence-electron chi connectivity index (χ0n) is 4.79. The van der Waals surface area contributed by atoms with Crippen molar-refractivity contribution in [2.24, 2.45) is 0 Å². The van der Waals surface area contributed by atoms with Crippen molar-refractivity contribution < 1.29 is 5.11 Å². The van der Waals surface area contributed by atoms with Crippen LogP contribution in [-0.2, 0) is 0 Å². The van der Waals surface area contributed by atoms with Gasteiger partial charge in [0.25, 0.3) is 0 Å². The summed E-state index contributed by atoms with van der Waals surface area (Å²) >= 11 is 5.67. The van der Waals surface area contributed by atoms with E-state index in [-0.39, 0.29) is 11.1 Å². The van der Waals surface area contributed by atoms with Gasteiger partial charge in [0, 0.05) is 0 Å². The molecule has 0 radical (unpaired) electrons. The molecule has 1 atom stereocenters. The van der Waals surface area contributed by atoms with Gasteiger partial charge in [-0.25, -0.2) is 0 Å². The SMILES string of the molecule is OC1=CC=CC(Cl)C=C1. The summed E-state index contributed by atoms with van der Waals surface area (Å²) < 4.78 is 0. The summed E-state index contributed by atoms with van der Waals surface area (Å²) in [7, 11) is 0. The zero-order chi connectivity index (χ0) is 6.69. The number of allylic oxidation sites excluding steroid dienone is 5. The maximum Gasteiger partial charge on any atom is 0.115 e. The molecule has 1 unspecified atom stereocenters. The highest BCUT2D eigenvalue weighted by Crippen LogP contribution is 2.06. The molecule has 0 saturated carbocycles. The molecule has 9 heavy (non-hydrogen) atoms. The smallest absolute Gasteiger partial charge is 0.115 e. The number of rotatable bonds is 0. The topological polar surface area (TPSA) is 20.2 Å². The highest BCUT2D eigenvalue weighted by atomic mass is 35.5. The molecule has 1 rings (SSSR count). The van der Waals surface area contributed by atoms with E-state index in [9.17, 15) is 0 Å². The van der Waals surface area contributed by atoms with Crippen molar-refractivity contribution in [1.82, 2.24) is 0 Å². The van der Waals surface area contributed by atoms with E-state index in [0.29, 0.717) is 0 Å². The molecule has 1 nitrogen and oxygen atoms in total. The minimum atomic E-state index is -0.0918. The fraction of sp³-hybridized carbons (Fsp3) is 0.143. The van der Waals surface area contributed by atoms with E-state index in [4.69, 9.17) is 16.7 Å². The summed E-state index contributed by atoms with van der Waals surface area (Å²) in [5.41, 5.74) is 0. The van der Waals surface area contributed by atoms with Gasteiger partial charge in [-0.15, -0.1) is 11.6 Å². The second-order valence-electron chi connectivity index (χ2n) is 1.78. The molecule has 1 aliphatic carbocycles. The largest absolute Gasteiger partial charge is 0.508 e. The minimum Gasteiger partial charge on any atom is -0.508 e. The molecule has 1 aliphatic rings. The van der Waals surface area contributed by atoms with Crippen LogP contribution in [0, 0.1) is 0 Å². The van der Waals surface area contributed by atoms with Crippen molar-refractivity contribution in [2.75, 3.05) is 0 Å². The van der Waals surface area contributed by atoms with Crippen LogP contribution in [0.25, 0.3) is 0 Å². The Balaban J connectivity index is 2.75. The van der Waals surface area contributed by atoms with Crippen molar-refractivity contribution in [3.05, 3.63) is 36.1 Å². The van der Waals surface area contributed by atoms with Crippen LogP contribution in [0.1, 0.15) is 0 Å². The van der Waals surface area contributed by atoms with Gasteiger partial charge in [0.1, 0.15) is 5.76 Å². The first-order valence-corrected chi connectivity index (χ1v) is 3.12. The van der Waals surface area contributed by atoms with Crippen LogP contribution in [0.4, 0.5) is 0 Å². The van der Waals surface area contributed by atoms with Crippen LogP contribution < -0.4 is 0 Å². The lowest BCUT2D eigenvalue weighted by molar-refractivity contribution is 0.432. The number of hydrogen-bond donors (Lipinski definition) is 1. The van der Waals surface area contributed by atoms with Crippen molar-refractivity contribution in [1.29, 1.82) is 0 Å². The molecule has 0 heterocycles. The van der Waals surface area contributed by atoms with Crippen LogP contribution in [0.2, 0.25) is 0 Å². The van der Waals surface area contributed by atoms with Gasteiger partial charge in [0.2, 0.25) is 0 Å². The van der Waals surface area contributed by atoms with Gasteiger partial charge in [-0.1, -0.05) is 18.2 Å². The van der Waals surface area contributed by atoms with E-state index in [1.165, 1.54) is 0 Å². The quantitative estimate of drug-likeness (QED) is 0.514. The number of aliphatic hydroxyl groups is 1. The van der Waals surface area contributed by atoms with E-state index in [0.717, 1.165) is 0 Å². The third kappa shape index (κ3) is 1.94. The van der Waals surface area contributed by atoms with Gasteiger partial charge in [-0.3, -0.25) is 0 Å². The fourth-order valence-corrected chi connectivity index (χ4v) is 0.727. The maximum absolute atomic E-state index is 8.87. The number of alkyl halides is 1. The molecule has 48 valence electrons. The summed E-state index contributed by atoms with van der Waals surface area (Å²) in [5, 5.41) is 8.78. The molecular weight excluding hydrogens is 136 g/mol. The number of aliphatic hydroxyl groups excluding tert-OH is 1. The van der Waals surface area contributed by atoms with Gasteiger partial charge in [-0.05, 0) is 12.2 Å². The van der Waals surface area contributed by atoms with Crippen LogP contribution in [0.5, 0.6) is 0 Å². The zero-order valence-corrected chi connectivity index (χ0v) is 5.55. The Kier molecular flexibility index (Phi) is 1.96. The monoisotopic (exact) mass is 142 g/mol. The van der Waals surface area contributed by atoms with Gasteiger partial charge in [0.05, 0.1) is 5.38 Å². The van der Waals surface area contributed by atoms with Crippen molar-refractivity contribution in [3.63, 3.8) is 0 Å². The van der Waals surface area contributed by atoms with Crippen LogP contribution >= 0.6 is 11.6 Å². The molecule has 1 N–H and O–H groups in total. The first kappa shape index (κ1) is 6.43.